The van der Waals surface area contributed by atoms with Crippen LogP contribution >= 0.6 is 0 Å². The number of hydrogen-bond donors (Lipinski definition) is 1. The first kappa shape index (κ1) is 15.9. The molecule has 1 aromatic rings. The average molecular weight is 262 g/mol. The van der Waals surface area contributed by atoms with E-state index in [4.69, 9.17) is 0 Å². The molecule has 0 bridgehead atoms. The predicted molar refractivity (Wildman–Crippen MR) is 80.9 cm³/mol. The summed E-state index contributed by atoms with van der Waals surface area (Å²) >= 11 is 0. The third kappa shape index (κ3) is 5.13. The van der Waals surface area contributed by atoms with Crippen LogP contribution in [0.2, 0.25) is 0 Å². The molecule has 0 spiro atoms. The van der Waals surface area contributed by atoms with Gasteiger partial charge in [0.15, 0.2) is 5.78 Å². The number of nitrogens with zero attached hydrogens (tertiary/aromatic N) is 1. The summed E-state index contributed by atoms with van der Waals surface area (Å²) in [6.45, 7) is 7.95. The number of aryl methyl sites for hydroxylation is 2. The van der Waals surface area contributed by atoms with Gasteiger partial charge in [0.25, 0.3) is 0 Å². The lowest BCUT2D eigenvalue weighted by Gasteiger charge is -2.15. The van der Waals surface area contributed by atoms with E-state index in [1.807, 2.05) is 32.0 Å². The van der Waals surface area contributed by atoms with E-state index in [9.17, 15) is 4.79 Å². The van der Waals surface area contributed by atoms with Gasteiger partial charge in [-0.1, -0.05) is 12.1 Å². The molecule has 0 radical (unpaired) electrons. The Labute approximate surface area is 117 Å². The smallest absolute Gasteiger partial charge is 0.179 e. The lowest BCUT2D eigenvalue weighted by Crippen LogP contribution is -2.35. The van der Waals surface area contributed by atoms with Crippen molar-refractivity contribution in [2.45, 2.75) is 33.2 Å². The Kier molecular flexibility index (Phi) is 6.19. The summed E-state index contributed by atoms with van der Waals surface area (Å²) in [5, 5.41) is 3.29. The van der Waals surface area contributed by atoms with Crippen molar-refractivity contribution in [3.8, 4) is 0 Å². The maximum atomic E-state index is 12.3. The number of carbonyl (C=O) groups is 1. The van der Waals surface area contributed by atoms with E-state index in [1.165, 1.54) is 11.1 Å². The van der Waals surface area contributed by atoms with Crippen LogP contribution in [0.5, 0.6) is 0 Å². The zero-order valence-corrected chi connectivity index (χ0v) is 12.8. The third-order valence-corrected chi connectivity index (χ3v) is 3.42. The van der Waals surface area contributed by atoms with Crippen LogP contribution in [0.4, 0.5) is 0 Å². The van der Waals surface area contributed by atoms with Gasteiger partial charge in [0.05, 0.1) is 6.04 Å². The molecule has 3 nitrogen and oxygen atoms in total. The summed E-state index contributed by atoms with van der Waals surface area (Å²) in [7, 11) is 4.12. The monoisotopic (exact) mass is 262 g/mol. The van der Waals surface area contributed by atoms with Crippen LogP contribution in [0.1, 0.15) is 34.8 Å². The molecule has 0 aromatic heterocycles. The van der Waals surface area contributed by atoms with E-state index in [1.54, 1.807) is 0 Å². The Morgan fingerprint density at radius 1 is 1.26 bits per heavy atom. The number of ketones is 1. The van der Waals surface area contributed by atoms with Crippen molar-refractivity contribution >= 4 is 5.78 Å². The molecule has 1 rings (SSSR count). The van der Waals surface area contributed by atoms with Gasteiger partial charge >= 0.3 is 0 Å². The fraction of sp³-hybridized carbons (Fsp3) is 0.562. The second-order valence-electron chi connectivity index (χ2n) is 5.50. The third-order valence-electron chi connectivity index (χ3n) is 3.42. The molecule has 0 aliphatic rings. The second kappa shape index (κ2) is 7.41. The molecule has 0 amide bonds. The molecule has 0 aliphatic heterocycles. The van der Waals surface area contributed by atoms with E-state index in [0.717, 1.165) is 25.1 Å². The van der Waals surface area contributed by atoms with Crippen LogP contribution in [0, 0.1) is 13.8 Å². The standard InChI is InChI=1S/C16H26N2O/c1-12-7-8-15(11-13(12)2)16(19)14(3)17-9-6-10-18(4)5/h7-8,11,14,17H,6,9-10H2,1-5H3. The maximum Gasteiger partial charge on any atom is 0.179 e. The first-order valence-corrected chi connectivity index (χ1v) is 6.91. The maximum absolute atomic E-state index is 12.3. The SMILES string of the molecule is Cc1ccc(C(=O)C(C)NCCCN(C)C)cc1C. The zero-order chi connectivity index (χ0) is 14.4. The normalized spacial score (nSPS) is 12.7. The van der Waals surface area contributed by atoms with E-state index in [0.29, 0.717) is 0 Å². The number of nitrogens with one attached hydrogen (secondary N) is 1. The van der Waals surface area contributed by atoms with Crippen LogP contribution in [-0.4, -0.2) is 43.9 Å². The number of Topliss-reactive ketones (excluding diaryl/α,β-unsaturated/α-hetero) is 1. The van der Waals surface area contributed by atoms with Crippen molar-refractivity contribution in [1.82, 2.24) is 10.2 Å². The predicted octanol–water partition coefficient (Wildman–Crippen LogP) is 2.42. The summed E-state index contributed by atoms with van der Waals surface area (Å²) < 4.78 is 0. The fourth-order valence-corrected chi connectivity index (χ4v) is 1.95. The highest BCUT2D eigenvalue weighted by Gasteiger charge is 2.14. The minimum absolute atomic E-state index is 0.121. The van der Waals surface area contributed by atoms with E-state index < -0.39 is 0 Å². The molecule has 0 heterocycles. The molecular formula is C16H26N2O. The summed E-state index contributed by atoms with van der Waals surface area (Å²) in [5.41, 5.74) is 3.20. The van der Waals surface area contributed by atoms with Gasteiger partial charge in [0, 0.05) is 5.56 Å². The highest BCUT2D eigenvalue weighted by molar-refractivity contribution is 6.00. The first-order valence-electron chi connectivity index (χ1n) is 6.91. The van der Waals surface area contributed by atoms with Crippen LogP contribution in [0.15, 0.2) is 18.2 Å². The second-order valence-corrected chi connectivity index (χ2v) is 5.50. The van der Waals surface area contributed by atoms with Gasteiger partial charge < -0.3 is 10.2 Å². The number of carbonyl (C=O) groups excluding carboxylic acids is 1. The van der Waals surface area contributed by atoms with Gasteiger partial charge in [0.2, 0.25) is 0 Å². The van der Waals surface area contributed by atoms with Crippen molar-refractivity contribution in [2.75, 3.05) is 27.2 Å². The van der Waals surface area contributed by atoms with Crippen LogP contribution in [0.3, 0.4) is 0 Å². The van der Waals surface area contributed by atoms with Crippen LogP contribution in [-0.2, 0) is 0 Å². The van der Waals surface area contributed by atoms with E-state index in [2.05, 4.69) is 31.2 Å². The number of benzene rings is 1. The van der Waals surface area contributed by atoms with Crippen LogP contribution < -0.4 is 5.32 Å². The van der Waals surface area contributed by atoms with E-state index in [-0.39, 0.29) is 11.8 Å². The molecule has 0 saturated heterocycles. The molecule has 0 aliphatic carbocycles. The lowest BCUT2D eigenvalue weighted by molar-refractivity contribution is 0.0950. The van der Waals surface area contributed by atoms with Crippen LogP contribution in [0.25, 0.3) is 0 Å². The van der Waals surface area contributed by atoms with Crippen molar-refractivity contribution < 1.29 is 4.79 Å². The molecule has 19 heavy (non-hydrogen) atoms. The Hall–Kier alpha value is -1.19. The molecule has 0 fully saturated rings. The van der Waals surface area contributed by atoms with Crippen molar-refractivity contribution in [3.05, 3.63) is 34.9 Å². The molecule has 1 aromatic carbocycles. The molecule has 0 saturated carbocycles. The average Bonchev–Trinajstić information content (AvgIpc) is 2.36. The Balaban J connectivity index is 2.49. The summed E-state index contributed by atoms with van der Waals surface area (Å²) in [5.74, 6) is 0.174. The highest BCUT2D eigenvalue weighted by atomic mass is 16.1. The zero-order valence-electron chi connectivity index (χ0n) is 12.8. The quantitative estimate of drug-likeness (QED) is 0.605. The number of hydrogen-bond acceptors (Lipinski definition) is 3. The largest absolute Gasteiger partial charge is 0.309 e. The topological polar surface area (TPSA) is 32.3 Å². The molecule has 1 unspecified atom stereocenters. The summed E-state index contributed by atoms with van der Waals surface area (Å²) in [6, 6.07) is 5.80. The Bertz CT molecular complexity index is 427. The van der Waals surface area contributed by atoms with Gasteiger partial charge in [-0.3, -0.25) is 4.79 Å². The minimum atomic E-state index is -0.121. The molecular weight excluding hydrogens is 236 g/mol. The first-order chi connectivity index (χ1) is 8.91. The van der Waals surface area contributed by atoms with Gasteiger partial charge in [-0.25, -0.2) is 0 Å². The Morgan fingerprint density at radius 3 is 2.53 bits per heavy atom. The van der Waals surface area contributed by atoms with E-state index >= 15 is 0 Å². The summed E-state index contributed by atoms with van der Waals surface area (Å²) in [4.78, 5) is 14.4. The van der Waals surface area contributed by atoms with Gasteiger partial charge in [-0.2, -0.15) is 0 Å². The van der Waals surface area contributed by atoms with Crippen molar-refractivity contribution in [2.24, 2.45) is 0 Å². The lowest BCUT2D eigenvalue weighted by atomic mass is 10.0. The molecule has 1 N–H and O–H groups in total. The molecule has 3 heteroatoms. The molecule has 1 atom stereocenters. The van der Waals surface area contributed by atoms with Crippen molar-refractivity contribution in [3.63, 3.8) is 0 Å². The van der Waals surface area contributed by atoms with Gasteiger partial charge in [-0.05, 0) is 71.6 Å². The number of rotatable bonds is 7. The fourth-order valence-electron chi connectivity index (χ4n) is 1.95. The Morgan fingerprint density at radius 2 is 1.95 bits per heavy atom. The highest BCUT2D eigenvalue weighted by Crippen LogP contribution is 2.11. The molecule has 106 valence electrons. The minimum Gasteiger partial charge on any atom is -0.309 e. The van der Waals surface area contributed by atoms with Crippen molar-refractivity contribution in [1.29, 1.82) is 0 Å². The van der Waals surface area contributed by atoms with Gasteiger partial charge in [0.1, 0.15) is 0 Å². The van der Waals surface area contributed by atoms with Gasteiger partial charge in [-0.15, -0.1) is 0 Å². The summed E-state index contributed by atoms with van der Waals surface area (Å²) in [6.07, 6.45) is 1.05.